The van der Waals surface area contributed by atoms with Gasteiger partial charge in [0.2, 0.25) is 5.91 Å². The molecule has 0 bridgehead atoms. The van der Waals surface area contributed by atoms with Gasteiger partial charge in [0.25, 0.3) is 0 Å². The lowest BCUT2D eigenvalue weighted by atomic mass is 10.1. The molecular weight excluding hydrogens is 294 g/mol. The Balaban J connectivity index is 1.70. The normalized spacial score (nSPS) is 10.3. The number of phenolic OH excluding ortho intramolecular Hbond substituents is 2. The first-order valence-electron chi connectivity index (χ1n) is 7.49. The summed E-state index contributed by atoms with van der Waals surface area (Å²) in [5.41, 5.74) is 1.86. The number of aromatic hydroxyl groups is 2. The van der Waals surface area contributed by atoms with Crippen molar-refractivity contribution < 1.29 is 19.7 Å². The number of methoxy groups -OCH3 is 1. The lowest BCUT2D eigenvalue weighted by Crippen LogP contribution is -2.26. The van der Waals surface area contributed by atoms with Crippen molar-refractivity contribution in [1.82, 2.24) is 5.32 Å². The summed E-state index contributed by atoms with van der Waals surface area (Å²) in [5.74, 6) is 0.326. The van der Waals surface area contributed by atoms with Gasteiger partial charge in [-0.25, -0.2) is 0 Å². The minimum absolute atomic E-state index is 0.107. The molecule has 0 aliphatic rings. The molecule has 23 heavy (non-hydrogen) atoms. The van der Waals surface area contributed by atoms with Crippen LogP contribution in [0.1, 0.15) is 17.5 Å². The topological polar surface area (TPSA) is 78.8 Å². The maximum atomic E-state index is 11.8. The average Bonchev–Trinajstić information content (AvgIpc) is 2.55. The third-order valence-electron chi connectivity index (χ3n) is 3.53. The smallest absolute Gasteiger partial charge is 0.224 e. The van der Waals surface area contributed by atoms with Crippen molar-refractivity contribution in [2.24, 2.45) is 0 Å². The van der Waals surface area contributed by atoms with Crippen LogP contribution >= 0.6 is 0 Å². The van der Waals surface area contributed by atoms with Gasteiger partial charge in [-0.3, -0.25) is 4.79 Å². The molecule has 3 N–H and O–H groups in total. The van der Waals surface area contributed by atoms with Crippen molar-refractivity contribution in [2.75, 3.05) is 13.7 Å². The van der Waals surface area contributed by atoms with E-state index in [1.165, 1.54) is 17.7 Å². The van der Waals surface area contributed by atoms with E-state index in [4.69, 9.17) is 4.74 Å². The molecule has 0 radical (unpaired) electrons. The van der Waals surface area contributed by atoms with Crippen molar-refractivity contribution in [3.05, 3.63) is 53.6 Å². The number of nitrogens with one attached hydrogen (secondary N) is 1. The number of phenols is 2. The molecule has 0 heterocycles. The number of aryl methyl sites for hydroxylation is 1. The lowest BCUT2D eigenvalue weighted by Gasteiger charge is -2.07. The molecule has 0 aromatic heterocycles. The number of hydrogen-bond acceptors (Lipinski definition) is 4. The summed E-state index contributed by atoms with van der Waals surface area (Å²) < 4.78 is 5.11. The van der Waals surface area contributed by atoms with E-state index in [0.717, 1.165) is 18.6 Å². The summed E-state index contributed by atoms with van der Waals surface area (Å²) in [6, 6.07) is 12.3. The maximum absolute atomic E-state index is 11.8. The van der Waals surface area contributed by atoms with E-state index in [1.807, 2.05) is 24.3 Å². The highest BCUT2D eigenvalue weighted by Gasteiger charge is 2.06. The second kappa shape index (κ2) is 8.08. The zero-order valence-electron chi connectivity index (χ0n) is 13.1. The van der Waals surface area contributed by atoms with E-state index < -0.39 is 0 Å². The molecule has 5 nitrogen and oxygen atoms in total. The van der Waals surface area contributed by atoms with E-state index in [-0.39, 0.29) is 23.8 Å². The highest BCUT2D eigenvalue weighted by molar-refractivity contribution is 5.78. The van der Waals surface area contributed by atoms with Gasteiger partial charge >= 0.3 is 0 Å². The molecule has 0 saturated heterocycles. The minimum atomic E-state index is -0.213. The molecule has 0 saturated carbocycles. The molecule has 0 aliphatic heterocycles. The van der Waals surface area contributed by atoms with Crippen LogP contribution in [-0.4, -0.2) is 29.8 Å². The Labute approximate surface area is 135 Å². The molecule has 0 atom stereocenters. The fourth-order valence-electron chi connectivity index (χ4n) is 2.24. The third kappa shape index (κ3) is 5.21. The first kappa shape index (κ1) is 16.7. The lowest BCUT2D eigenvalue weighted by molar-refractivity contribution is -0.120. The summed E-state index contributed by atoms with van der Waals surface area (Å²) in [7, 11) is 1.64. The van der Waals surface area contributed by atoms with Crippen LogP contribution in [0.3, 0.4) is 0 Å². The summed E-state index contributed by atoms with van der Waals surface area (Å²) in [5, 5.41) is 21.5. The molecule has 0 aliphatic carbocycles. The SMILES string of the molecule is COc1ccc(CCCNC(=O)Cc2ccc(O)c(O)c2)cc1. The molecule has 0 fully saturated rings. The van der Waals surface area contributed by atoms with Gasteiger partial charge in [0.05, 0.1) is 13.5 Å². The second-order valence-corrected chi connectivity index (χ2v) is 5.30. The van der Waals surface area contributed by atoms with Gasteiger partial charge in [0.1, 0.15) is 5.75 Å². The third-order valence-corrected chi connectivity index (χ3v) is 3.53. The van der Waals surface area contributed by atoms with Crippen LogP contribution in [0.5, 0.6) is 17.2 Å². The Bertz CT molecular complexity index is 653. The minimum Gasteiger partial charge on any atom is -0.504 e. The number of carbonyl (C=O) groups is 1. The highest BCUT2D eigenvalue weighted by Crippen LogP contribution is 2.24. The van der Waals surface area contributed by atoms with E-state index >= 15 is 0 Å². The molecule has 2 aromatic rings. The zero-order valence-corrected chi connectivity index (χ0v) is 13.1. The molecule has 0 unspecified atom stereocenters. The van der Waals surface area contributed by atoms with Gasteiger partial charge in [0, 0.05) is 6.54 Å². The standard InChI is InChI=1S/C18H21NO4/c1-23-15-7-4-13(5-8-15)3-2-10-19-18(22)12-14-6-9-16(20)17(21)11-14/h4-9,11,20-21H,2-3,10,12H2,1H3,(H,19,22). The number of benzene rings is 2. The van der Waals surface area contributed by atoms with Crippen molar-refractivity contribution >= 4 is 5.91 Å². The number of ether oxygens (including phenoxy) is 1. The van der Waals surface area contributed by atoms with Gasteiger partial charge in [-0.1, -0.05) is 18.2 Å². The Morgan fingerprint density at radius 2 is 1.74 bits per heavy atom. The van der Waals surface area contributed by atoms with Crippen LogP contribution in [0.25, 0.3) is 0 Å². The Kier molecular flexibility index (Phi) is 5.86. The molecule has 122 valence electrons. The maximum Gasteiger partial charge on any atom is 0.224 e. The molecule has 1 amide bonds. The van der Waals surface area contributed by atoms with Crippen molar-refractivity contribution in [3.63, 3.8) is 0 Å². The predicted octanol–water partition coefficient (Wildman–Crippen LogP) is 2.40. The summed E-state index contributed by atoms with van der Waals surface area (Å²) in [4.78, 5) is 11.8. The van der Waals surface area contributed by atoms with E-state index in [9.17, 15) is 15.0 Å². The quantitative estimate of drug-likeness (QED) is 0.541. The van der Waals surface area contributed by atoms with E-state index in [1.54, 1.807) is 13.2 Å². The number of amides is 1. The zero-order chi connectivity index (χ0) is 16.7. The molecule has 2 rings (SSSR count). The number of carbonyl (C=O) groups excluding carboxylic acids is 1. The van der Waals surface area contributed by atoms with Crippen LogP contribution < -0.4 is 10.1 Å². The van der Waals surface area contributed by atoms with Crippen LogP contribution in [0.2, 0.25) is 0 Å². The Morgan fingerprint density at radius 3 is 2.39 bits per heavy atom. The van der Waals surface area contributed by atoms with Crippen LogP contribution in [-0.2, 0) is 17.6 Å². The van der Waals surface area contributed by atoms with Crippen molar-refractivity contribution in [2.45, 2.75) is 19.3 Å². The van der Waals surface area contributed by atoms with Crippen LogP contribution in [0, 0.1) is 0 Å². The first-order valence-corrected chi connectivity index (χ1v) is 7.49. The highest BCUT2D eigenvalue weighted by atomic mass is 16.5. The summed E-state index contributed by atoms with van der Waals surface area (Å²) in [6.45, 7) is 0.592. The Hall–Kier alpha value is -2.69. The number of hydrogen-bond donors (Lipinski definition) is 3. The van der Waals surface area contributed by atoms with Gasteiger partial charge in [-0.05, 0) is 48.2 Å². The van der Waals surface area contributed by atoms with Gasteiger partial charge in [-0.2, -0.15) is 0 Å². The number of rotatable bonds is 7. The molecule has 5 heteroatoms. The first-order chi connectivity index (χ1) is 11.1. The van der Waals surface area contributed by atoms with Crippen LogP contribution in [0.15, 0.2) is 42.5 Å². The predicted molar refractivity (Wildman–Crippen MR) is 87.8 cm³/mol. The Morgan fingerprint density at radius 1 is 1.04 bits per heavy atom. The van der Waals surface area contributed by atoms with E-state index in [0.29, 0.717) is 12.1 Å². The molecular formula is C18H21NO4. The van der Waals surface area contributed by atoms with Crippen LogP contribution in [0.4, 0.5) is 0 Å². The van der Waals surface area contributed by atoms with Gasteiger partial charge in [-0.15, -0.1) is 0 Å². The monoisotopic (exact) mass is 315 g/mol. The fourth-order valence-corrected chi connectivity index (χ4v) is 2.24. The van der Waals surface area contributed by atoms with Crippen molar-refractivity contribution in [3.8, 4) is 17.2 Å². The summed E-state index contributed by atoms with van der Waals surface area (Å²) >= 11 is 0. The molecule has 2 aromatic carbocycles. The van der Waals surface area contributed by atoms with Crippen molar-refractivity contribution in [1.29, 1.82) is 0 Å². The largest absolute Gasteiger partial charge is 0.504 e. The summed E-state index contributed by atoms with van der Waals surface area (Å²) in [6.07, 6.45) is 1.90. The van der Waals surface area contributed by atoms with Gasteiger partial charge < -0.3 is 20.3 Å². The second-order valence-electron chi connectivity index (χ2n) is 5.30. The van der Waals surface area contributed by atoms with E-state index in [2.05, 4.69) is 5.32 Å². The average molecular weight is 315 g/mol. The molecule has 0 spiro atoms. The fraction of sp³-hybridized carbons (Fsp3) is 0.278. The van der Waals surface area contributed by atoms with Gasteiger partial charge in [0.15, 0.2) is 11.5 Å².